The molecule has 0 fully saturated rings. The summed E-state index contributed by atoms with van der Waals surface area (Å²) in [5, 5.41) is 3.72. The molecule has 0 saturated heterocycles. The zero-order chi connectivity index (χ0) is 13.6. The van der Waals surface area contributed by atoms with E-state index in [1.807, 2.05) is 19.1 Å². The summed E-state index contributed by atoms with van der Waals surface area (Å²) in [6, 6.07) is 7.33. The fraction of sp³-hybridized carbons (Fsp3) is 0.500. The van der Waals surface area contributed by atoms with Crippen LogP contribution in [-0.4, -0.2) is 25.9 Å². The molecule has 0 saturated carbocycles. The van der Waals surface area contributed by atoms with Crippen molar-refractivity contribution in [2.45, 2.75) is 19.1 Å². The van der Waals surface area contributed by atoms with Gasteiger partial charge in [0.2, 0.25) is 0 Å². The maximum absolute atomic E-state index is 11.8. The van der Waals surface area contributed by atoms with Gasteiger partial charge in [0.25, 0.3) is 0 Å². The normalized spacial score (nSPS) is 13.6. The number of hydrogen-bond donors (Lipinski definition) is 1. The average molecular weight is 282 g/mol. The minimum absolute atomic E-state index is 0.0252. The predicted octanol–water partition coefficient (Wildman–Crippen LogP) is 3.57. The third-order valence-electron chi connectivity index (χ3n) is 2.33. The first-order valence-electron chi connectivity index (χ1n) is 5.52. The molecule has 0 aliphatic rings. The van der Waals surface area contributed by atoms with Crippen molar-refractivity contribution in [3.8, 4) is 0 Å². The third kappa shape index (κ3) is 6.23. The van der Waals surface area contributed by atoms with Gasteiger partial charge in [0, 0.05) is 17.6 Å². The molecule has 0 radical (unpaired) electrons. The van der Waals surface area contributed by atoms with Gasteiger partial charge in [-0.2, -0.15) is 13.2 Å². The quantitative estimate of drug-likeness (QED) is 0.805. The predicted molar refractivity (Wildman–Crippen MR) is 64.7 cm³/mol. The van der Waals surface area contributed by atoms with E-state index >= 15 is 0 Å². The van der Waals surface area contributed by atoms with Crippen LogP contribution in [0.25, 0.3) is 0 Å². The maximum atomic E-state index is 11.8. The molecule has 0 aliphatic carbocycles. The second-order valence-corrected chi connectivity index (χ2v) is 4.33. The Morgan fingerprint density at radius 3 is 2.44 bits per heavy atom. The number of nitrogens with one attached hydrogen (secondary N) is 1. The van der Waals surface area contributed by atoms with Crippen molar-refractivity contribution in [2.24, 2.45) is 0 Å². The number of ether oxygens (including phenoxy) is 1. The van der Waals surface area contributed by atoms with Gasteiger partial charge < -0.3 is 10.1 Å². The summed E-state index contributed by atoms with van der Waals surface area (Å²) in [6.07, 6.45) is -4.26. The SMILES string of the molecule is C[C@H](NCCOCC(F)(F)F)c1ccc(Cl)cc1. The highest BCUT2D eigenvalue weighted by Gasteiger charge is 2.27. The molecule has 1 atom stereocenters. The van der Waals surface area contributed by atoms with Gasteiger partial charge in [0.15, 0.2) is 0 Å². The van der Waals surface area contributed by atoms with Gasteiger partial charge in [-0.15, -0.1) is 0 Å². The standard InChI is InChI=1S/C12H15ClF3NO/c1-9(10-2-4-11(13)5-3-10)17-6-7-18-8-12(14,15)16/h2-5,9,17H,6-8H2,1H3/t9-/m0/s1. The van der Waals surface area contributed by atoms with Crippen molar-refractivity contribution in [3.63, 3.8) is 0 Å². The van der Waals surface area contributed by atoms with Crippen LogP contribution < -0.4 is 5.32 Å². The summed E-state index contributed by atoms with van der Waals surface area (Å²) in [5.41, 5.74) is 1.02. The van der Waals surface area contributed by atoms with Gasteiger partial charge in [-0.25, -0.2) is 0 Å². The molecular formula is C12H15ClF3NO. The zero-order valence-corrected chi connectivity index (χ0v) is 10.7. The first-order chi connectivity index (χ1) is 8.38. The number of halogens is 4. The highest BCUT2D eigenvalue weighted by molar-refractivity contribution is 6.30. The highest BCUT2D eigenvalue weighted by atomic mass is 35.5. The number of hydrogen-bond acceptors (Lipinski definition) is 2. The second kappa shape index (κ2) is 6.97. The third-order valence-corrected chi connectivity index (χ3v) is 2.58. The lowest BCUT2D eigenvalue weighted by Gasteiger charge is -2.14. The van der Waals surface area contributed by atoms with Gasteiger partial charge in [0.05, 0.1) is 6.61 Å². The number of rotatable bonds is 6. The first kappa shape index (κ1) is 15.3. The minimum Gasteiger partial charge on any atom is -0.371 e. The molecule has 0 amide bonds. The smallest absolute Gasteiger partial charge is 0.371 e. The summed E-state index contributed by atoms with van der Waals surface area (Å²) in [7, 11) is 0. The maximum Gasteiger partial charge on any atom is 0.411 e. The van der Waals surface area contributed by atoms with Crippen LogP contribution >= 0.6 is 11.6 Å². The molecule has 1 aromatic rings. The van der Waals surface area contributed by atoms with Crippen LogP contribution in [0.2, 0.25) is 5.02 Å². The highest BCUT2D eigenvalue weighted by Crippen LogP contribution is 2.16. The van der Waals surface area contributed by atoms with Crippen molar-refractivity contribution in [3.05, 3.63) is 34.9 Å². The lowest BCUT2D eigenvalue weighted by atomic mass is 10.1. The molecule has 0 bridgehead atoms. The molecule has 0 unspecified atom stereocenters. The Kier molecular flexibility index (Phi) is 5.91. The number of alkyl halides is 3. The molecule has 1 rings (SSSR count). The molecular weight excluding hydrogens is 267 g/mol. The Balaban J connectivity index is 2.21. The largest absolute Gasteiger partial charge is 0.411 e. The molecule has 6 heteroatoms. The van der Waals surface area contributed by atoms with Gasteiger partial charge in [0.1, 0.15) is 6.61 Å². The van der Waals surface area contributed by atoms with Gasteiger partial charge in [-0.05, 0) is 24.6 Å². The molecule has 1 aromatic carbocycles. The van der Waals surface area contributed by atoms with Crippen LogP contribution in [0.1, 0.15) is 18.5 Å². The average Bonchev–Trinajstić information content (AvgIpc) is 2.27. The van der Waals surface area contributed by atoms with Crippen molar-refractivity contribution in [2.75, 3.05) is 19.8 Å². The molecule has 0 spiro atoms. The van der Waals surface area contributed by atoms with E-state index in [1.54, 1.807) is 12.1 Å². The summed E-state index contributed by atoms with van der Waals surface area (Å²) in [6.45, 7) is 1.11. The van der Waals surface area contributed by atoms with Crippen LogP contribution in [0.3, 0.4) is 0 Å². The van der Waals surface area contributed by atoms with Crippen molar-refractivity contribution >= 4 is 11.6 Å². The van der Waals surface area contributed by atoms with E-state index in [0.717, 1.165) is 5.56 Å². The molecule has 102 valence electrons. The van der Waals surface area contributed by atoms with Gasteiger partial charge in [-0.1, -0.05) is 23.7 Å². The summed E-state index contributed by atoms with van der Waals surface area (Å²) in [4.78, 5) is 0. The fourth-order valence-corrected chi connectivity index (χ4v) is 1.53. The van der Waals surface area contributed by atoms with Gasteiger partial charge in [-0.3, -0.25) is 0 Å². The lowest BCUT2D eigenvalue weighted by molar-refractivity contribution is -0.173. The first-order valence-corrected chi connectivity index (χ1v) is 5.89. The number of benzene rings is 1. The van der Waals surface area contributed by atoms with Crippen LogP contribution in [0.4, 0.5) is 13.2 Å². The van der Waals surface area contributed by atoms with Crippen molar-refractivity contribution in [1.82, 2.24) is 5.32 Å². The van der Waals surface area contributed by atoms with E-state index in [4.69, 9.17) is 11.6 Å². The van der Waals surface area contributed by atoms with Crippen LogP contribution in [0.5, 0.6) is 0 Å². The minimum atomic E-state index is -4.26. The monoisotopic (exact) mass is 281 g/mol. The fourth-order valence-electron chi connectivity index (χ4n) is 1.40. The van der Waals surface area contributed by atoms with E-state index in [2.05, 4.69) is 10.1 Å². The Morgan fingerprint density at radius 1 is 1.28 bits per heavy atom. The molecule has 0 heterocycles. The second-order valence-electron chi connectivity index (χ2n) is 3.90. The Labute approximate surface area is 109 Å². The van der Waals surface area contributed by atoms with Gasteiger partial charge >= 0.3 is 6.18 Å². The van der Waals surface area contributed by atoms with E-state index < -0.39 is 12.8 Å². The zero-order valence-electron chi connectivity index (χ0n) is 9.93. The summed E-state index contributed by atoms with van der Waals surface area (Å²) >= 11 is 5.76. The van der Waals surface area contributed by atoms with E-state index in [1.165, 1.54) is 0 Å². The molecule has 1 N–H and O–H groups in total. The van der Waals surface area contributed by atoms with Crippen LogP contribution in [-0.2, 0) is 4.74 Å². The molecule has 18 heavy (non-hydrogen) atoms. The van der Waals surface area contributed by atoms with Crippen LogP contribution in [0, 0.1) is 0 Å². The van der Waals surface area contributed by atoms with Crippen LogP contribution in [0.15, 0.2) is 24.3 Å². The van der Waals surface area contributed by atoms with E-state index in [0.29, 0.717) is 11.6 Å². The molecule has 0 aromatic heterocycles. The lowest BCUT2D eigenvalue weighted by Crippen LogP contribution is -2.25. The van der Waals surface area contributed by atoms with E-state index in [9.17, 15) is 13.2 Å². The molecule has 2 nitrogen and oxygen atoms in total. The van der Waals surface area contributed by atoms with E-state index in [-0.39, 0.29) is 12.6 Å². The molecule has 0 aliphatic heterocycles. The van der Waals surface area contributed by atoms with Crippen molar-refractivity contribution in [1.29, 1.82) is 0 Å². The Bertz CT molecular complexity index is 353. The Hall–Kier alpha value is -0.780. The Morgan fingerprint density at radius 2 is 1.89 bits per heavy atom. The summed E-state index contributed by atoms with van der Waals surface area (Å²) < 4.78 is 39.9. The topological polar surface area (TPSA) is 21.3 Å². The van der Waals surface area contributed by atoms with Crippen molar-refractivity contribution < 1.29 is 17.9 Å². The summed E-state index contributed by atoms with van der Waals surface area (Å²) in [5.74, 6) is 0.